The second-order valence-electron chi connectivity index (χ2n) is 6.87. The number of amides is 1. The summed E-state index contributed by atoms with van der Waals surface area (Å²) in [5, 5.41) is 0. The molecular formula is C21H23N3O2. The van der Waals surface area contributed by atoms with Crippen LogP contribution in [0.15, 0.2) is 42.5 Å². The molecule has 1 aliphatic rings. The fraction of sp³-hybridized carbons (Fsp3) is 0.333. The Morgan fingerprint density at radius 2 is 2.08 bits per heavy atom. The van der Waals surface area contributed by atoms with Gasteiger partial charge in [0.25, 0.3) is 5.91 Å². The van der Waals surface area contributed by atoms with Crippen molar-refractivity contribution in [1.82, 2.24) is 14.9 Å². The van der Waals surface area contributed by atoms with Gasteiger partial charge in [-0.25, -0.2) is 4.98 Å². The van der Waals surface area contributed by atoms with Crippen LogP contribution in [0.1, 0.15) is 35.8 Å². The van der Waals surface area contributed by atoms with E-state index in [0.29, 0.717) is 0 Å². The molecule has 0 saturated carbocycles. The number of para-hydroxylation sites is 2. The topological polar surface area (TPSA) is 58.2 Å². The molecule has 1 amide bonds. The van der Waals surface area contributed by atoms with E-state index in [2.05, 4.69) is 9.97 Å². The maximum Gasteiger partial charge on any atom is 0.261 e. The van der Waals surface area contributed by atoms with Gasteiger partial charge >= 0.3 is 0 Å². The number of nitrogens with one attached hydrogen (secondary N) is 1. The Labute approximate surface area is 153 Å². The molecule has 5 nitrogen and oxygen atoms in total. The zero-order valence-electron chi connectivity index (χ0n) is 15.2. The fourth-order valence-corrected chi connectivity index (χ4v) is 3.58. The van der Waals surface area contributed by atoms with Gasteiger partial charge in [-0.2, -0.15) is 0 Å². The number of hydrogen-bond donors (Lipinski definition) is 1. The summed E-state index contributed by atoms with van der Waals surface area (Å²) in [5.41, 5.74) is 4.19. The number of likely N-dealkylation sites (tertiary alicyclic amines) is 1. The first-order chi connectivity index (χ1) is 12.6. The fourth-order valence-electron chi connectivity index (χ4n) is 3.58. The van der Waals surface area contributed by atoms with E-state index in [1.807, 2.05) is 61.2 Å². The Hall–Kier alpha value is -2.82. The standard InChI is InChI=1S/C21H23N3O2/c1-14-7-5-11-19(15(14)2)26-13-20(25)24-12-6-10-18(24)21-22-16-8-3-4-9-17(16)23-21/h3-5,7-9,11,18H,6,10,12-13H2,1-2H3,(H,22,23). The van der Waals surface area contributed by atoms with Crippen molar-refractivity contribution in [2.45, 2.75) is 32.7 Å². The lowest BCUT2D eigenvalue weighted by molar-refractivity contribution is -0.134. The number of benzene rings is 2. The van der Waals surface area contributed by atoms with Gasteiger partial charge in [0.15, 0.2) is 6.61 Å². The van der Waals surface area contributed by atoms with Crippen molar-refractivity contribution in [1.29, 1.82) is 0 Å². The SMILES string of the molecule is Cc1cccc(OCC(=O)N2CCCC2c2nc3ccccc3[nH]2)c1C. The Bertz CT molecular complexity index is 914. The van der Waals surface area contributed by atoms with Crippen LogP contribution in [-0.4, -0.2) is 33.9 Å². The normalized spacial score (nSPS) is 17.0. The van der Waals surface area contributed by atoms with Gasteiger partial charge in [0.05, 0.1) is 17.1 Å². The summed E-state index contributed by atoms with van der Waals surface area (Å²) in [5.74, 6) is 1.65. The minimum absolute atomic E-state index is 0.00268. The van der Waals surface area contributed by atoms with Gasteiger partial charge < -0.3 is 14.6 Å². The molecule has 4 rings (SSSR count). The summed E-state index contributed by atoms with van der Waals surface area (Å²) in [6, 6.07) is 13.9. The first-order valence-corrected chi connectivity index (χ1v) is 9.06. The van der Waals surface area contributed by atoms with Gasteiger partial charge in [0.2, 0.25) is 0 Å². The number of hydrogen-bond acceptors (Lipinski definition) is 3. The number of carbonyl (C=O) groups excluding carboxylic acids is 1. The molecule has 0 radical (unpaired) electrons. The van der Waals surface area contributed by atoms with Gasteiger partial charge in [-0.1, -0.05) is 24.3 Å². The second-order valence-corrected chi connectivity index (χ2v) is 6.87. The molecule has 2 aromatic carbocycles. The number of nitrogens with zero attached hydrogens (tertiary/aromatic N) is 2. The Balaban J connectivity index is 1.49. The minimum atomic E-state index is -0.00268. The molecule has 1 saturated heterocycles. The van der Waals surface area contributed by atoms with E-state index in [4.69, 9.17) is 4.74 Å². The molecule has 1 unspecified atom stereocenters. The smallest absolute Gasteiger partial charge is 0.261 e. The predicted octanol–water partition coefficient (Wildman–Crippen LogP) is 3.92. The number of H-pyrrole nitrogens is 1. The third kappa shape index (κ3) is 3.05. The van der Waals surface area contributed by atoms with E-state index in [1.54, 1.807) is 0 Å². The molecule has 1 N–H and O–H groups in total. The summed E-state index contributed by atoms with van der Waals surface area (Å²) in [6.07, 6.45) is 1.91. The van der Waals surface area contributed by atoms with E-state index >= 15 is 0 Å². The van der Waals surface area contributed by atoms with Crippen LogP contribution in [0.5, 0.6) is 5.75 Å². The van der Waals surface area contributed by atoms with Gasteiger partial charge in [-0.15, -0.1) is 0 Å². The van der Waals surface area contributed by atoms with E-state index in [1.165, 1.54) is 0 Å². The molecule has 5 heteroatoms. The molecule has 0 bridgehead atoms. The maximum atomic E-state index is 12.8. The van der Waals surface area contributed by atoms with Crippen molar-refractivity contribution in [3.63, 3.8) is 0 Å². The summed E-state index contributed by atoms with van der Waals surface area (Å²) >= 11 is 0. The van der Waals surface area contributed by atoms with Crippen molar-refractivity contribution >= 4 is 16.9 Å². The van der Waals surface area contributed by atoms with Crippen LogP contribution < -0.4 is 4.74 Å². The largest absolute Gasteiger partial charge is 0.483 e. The summed E-state index contributed by atoms with van der Waals surface area (Å²) in [4.78, 5) is 22.7. The zero-order valence-corrected chi connectivity index (χ0v) is 15.2. The number of rotatable bonds is 4. The van der Waals surface area contributed by atoms with Crippen LogP contribution >= 0.6 is 0 Å². The Morgan fingerprint density at radius 3 is 2.92 bits per heavy atom. The molecule has 1 atom stereocenters. The van der Waals surface area contributed by atoms with Crippen LogP contribution in [0.25, 0.3) is 11.0 Å². The highest BCUT2D eigenvalue weighted by Gasteiger charge is 2.32. The summed E-state index contributed by atoms with van der Waals surface area (Å²) in [7, 11) is 0. The van der Waals surface area contributed by atoms with Gasteiger partial charge in [0.1, 0.15) is 11.6 Å². The summed E-state index contributed by atoms with van der Waals surface area (Å²) in [6.45, 7) is 4.86. The molecule has 26 heavy (non-hydrogen) atoms. The zero-order chi connectivity index (χ0) is 18.1. The highest BCUT2D eigenvalue weighted by Crippen LogP contribution is 2.31. The van der Waals surface area contributed by atoms with E-state index in [9.17, 15) is 4.79 Å². The van der Waals surface area contributed by atoms with Crippen LogP contribution in [0.2, 0.25) is 0 Å². The summed E-state index contributed by atoms with van der Waals surface area (Å²) < 4.78 is 5.81. The number of aromatic amines is 1. The molecule has 1 aromatic heterocycles. The number of ether oxygens (including phenoxy) is 1. The lowest BCUT2D eigenvalue weighted by atomic mass is 10.1. The molecule has 1 aliphatic heterocycles. The molecule has 0 aliphatic carbocycles. The second kappa shape index (κ2) is 6.83. The quantitative estimate of drug-likeness (QED) is 0.776. The molecule has 134 valence electrons. The highest BCUT2D eigenvalue weighted by atomic mass is 16.5. The van der Waals surface area contributed by atoms with Crippen molar-refractivity contribution in [2.75, 3.05) is 13.2 Å². The number of fused-ring (bicyclic) bond motifs is 1. The first kappa shape index (κ1) is 16.6. The molecule has 1 fully saturated rings. The van der Waals surface area contributed by atoms with Crippen molar-refractivity contribution in [2.24, 2.45) is 0 Å². The lowest BCUT2D eigenvalue weighted by Crippen LogP contribution is -2.35. The predicted molar refractivity (Wildman–Crippen MR) is 101 cm³/mol. The Morgan fingerprint density at radius 1 is 1.23 bits per heavy atom. The van der Waals surface area contributed by atoms with E-state index in [-0.39, 0.29) is 18.6 Å². The van der Waals surface area contributed by atoms with Crippen molar-refractivity contribution < 1.29 is 9.53 Å². The van der Waals surface area contributed by atoms with Gasteiger partial charge in [-0.05, 0) is 56.0 Å². The monoisotopic (exact) mass is 349 g/mol. The minimum Gasteiger partial charge on any atom is -0.483 e. The van der Waals surface area contributed by atoms with Gasteiger partial charge in [-0.3, -0.25) is 4.79 Å². The van der Waals surface area contributed by atoms with Crippen molar-refractivity contribution in [3.05, 3.63) is 59.4 Å². The highest BCUT2D eigenvalue weighted by molar-refractivity contribution is 5.79. The molecular weight excluding hydrogens is 326 g/mol. The number of aromatic nitrogens is 2. The van der Waals surface area contributed by atoms with Crippen LogP contribution in [0.3, 0.4) is 0 Å². The van der Waals surface area contributed by atoms with Crippen LogP contribution in [0.4, 0.5) is 0 Å². The third-order valence-electron chi connectivity index (χ3n) is 5.20. The Kier molecular flexibility index (Phi) is 4.37. The average molecular weight is 349 g/mol. The number of imidazole rings is 1. The number of aryl methyl sites for hydroxylation is 1. The molecule has 2 heterocycles. The maximum absolute atomic E-state index is 12.8. The van der Waals surface area contributed by atoms with E-state index < -0.39 is 0 Å². The van der Waals surface area contributed by atoms with Crippen LogP contribution in [-0.2, 0) is 4.79 Å². The third-order valence-corrected chi connectivity index (χ3v) is 5.20. The first-order valence-electron chi connectivity index (χ1n) is 9.06. The molecule has 0 spiro atoms. The molecule has 3 aromatic rings. The average Bonchev–Trinajstić information content (AvgIpc) is 3.29. The number of carbonyl (C=O) groups is 1. The van der Waals surface area contributed by atoms with Crippen molar-refractivity contribution in [3.8, 4) is 5.75 Å². The lowest BCUT2D eigenvalue weighted by Gasteiger charge is -2.23. The van der Waals surface area contributed by atoms with E-state index in [0.717, 1.165) is 53.1 Å². The van der Waals surface area contributed by atoms with Crippen LogP contribution in [0, 0.1) is 13.8 Å². The van der Waals surface area contributed by atoms with Gasteiger partial charge in [0, 0.05) is 6.54 Å².